The van der Waals surface area contributed by atoms with Crippen molar-refractivity contribution in [2.45, 2.75) is 58.5 Å². The molecule has 0 heterocycles. The van der Waals surface area contributed by atoms with Crippen LogP contribution >= 0.6 is 0 Å². The number of aryl methyl sites for hydroxylation is 1. The van der Waals surface area contributed by atoms with Crippen LogP contribution in [0.3, 0.4) is 0 Å². The Morgan fingerprint density at radius 3 is 2.65 bits per heavy atom. The van der Waals surface area contributed by atoms with Crippen LogP contribution in [0.1, 0.15) is 57.6 Å². The number of rotatable bonds is 2. The number of fused-ring (bicyclic) bond motifs is 1. The van der Waals surface area contributed by atoms with Crippen LogP contribution in [0.2, 0.25) is 0 Å². The molecule has 1 aromatic carbocycles. The summed E-state index contributed by atoms with van der Waals surface area (Å²) in [6, 6.07) is 8.40. The van der Waals surface area contributed by atoms with Crippen LogP contribution in [-0.4, -0.2) is 5.11 Å². The van der Waals surface area contributed by atoms with E-state index in [9.17, 15) is 5.11 Å². The van der Waals surface area contributed by atoms with Crippen LogP contribution in [0, 0.1) is 5.41 Å². The SMILES string of the molecule is CC(C)(C)CCC1(O)CCCc2ccccc21. The van der Waals surface area contributed by atoms with Crippen LogP contribution in [0.15, 0.2) is 24.3 Å². The summed E-state index contributed by atoms with van der Waals surface area (Å²) in [7, 11) is 0. The molecule has 0 amide bonds. The van der Waals surface area contributed by atoms with E-state index >= 15 is 0 Å². The maximum absolute atomic E-state index is 10.9. The molecule has 1 aliphatic rings. The molecule has 17 heavy (non-hydrogen) atoms. The highest BCUT2D eigenvalue weighted by Crippen LogP contribution is 2.40. The Balaban J connectivity index is 2.21. The van der Waals surface area contributed by atoms with Crippen LogP contribution in [0.25, 0.3) is 0 Å². The summed E-state index contributed by atoms with van der Waals surface area (Å²) in [5, 5.41) is 10.9. The third kappa shape index (κ3) is 2.90. The van der Waals surface area contributed by atoms with Gasteiger partial charge in [-0.25, -0.2) is 0 Å². The van der Waals surface area contributed by atoms with Crippen molar-refractivity contribution < 1.29 is 5.11 Å². The first-order valence-electron chi connectivity index (χ1n) is 6.72. The van der Waals surface area contributed by atoms with Crippen molar-refractivity contribution in [3.8, 4) is 0 Å². The van der Waals surface area contributed by atoms with E-state index in [1.807, 2.05) is 6.07 Å². The van der Waals surface area contributed by atoms with E-state index in [0.29, 0.717) is 5.41 Å². The van der Waals surface area contributed by atoms with E-state index < -0.39 is 5.60 Å². The van der Waals surface area contributed by atoms with Crippen molar-refractivity contribution in [1.82, 2.24) is 0 Å². The van der Waals surface area contributed by atoms with Gasteiger partial charge in [-0.15, -0.1) is 0 Å². The van der Waals surface area contributed by atoms with Crippen LogP contribution < -0.4 is 0 Å². The molecule has 2 rings (SSSR count). The van der Waals surface area contributed by atoms with Gasteiger partial charge in [0.05, 0.1) is 5.60 Å². The minimum Gasteiger partial charge on any atom is -0.385 e. The van der Waals surface area contributed by atoms with Crippen molar-refractivity contribution in [2.75, 3.05) is 0 Å². The first kappa shape index (κ1) is 12.6. The van der Waals surface area contributed by atoms with Crippen molar-refractivity contribution in [1.29, 1.82) is 0 Å². The summed E-state index contributed by atoms with van der Waals surface area (Å²) in [4.78, 5) is 0. The quantitative estimate of drug-likeness (QED) is 0.816. The number of hydrogen-bond donors (Lipinski definition) is 1. The van der Waals surface area contributed by atoms with Gasteiger partial charge in [-0.3, -0.25) is 0 Å². The lowest BCUT2D eigenvalue weighted by Gasteiger charge is -2.36. The Hall–Kier alpha value is -0.820. The predicted octanol–water partition coefficient (Wildman–Crippen LogP) is 4.04. The maximum Gasteiger partial charge on any atom is 0.0899 e. The summed E-state index contributed by atoms with van der Waals surface area (Å²) < 4.78 is 0. The Bertz CT molecular complexity index is 389. The fourth-order valence-corrected chi connectivity index (χ4v) is 2.74. The second kappa shape index (κ2) is 4.45. The highest BCUT2D eigenvalue weighted by molar-refractivity contribution is 5.34. The molecule has 0 spiro atoms. The second-order valence-corrected chi connectivity index (χ2v) is 6.60. The highest BCUT2D eigenvalue weighted by Gasteiger charge is 2.34. The zero-order valence-electron chi connectivity index (χ0n) is 11.3. The van der Waals surface area contributed by atoms with Gasteiger partial charge in [-0.2, -0.15) is 0 Å². The molecular weight excluding hydrogens is 208 g/mol. The summed E-state index contributed by atoms with van der Waals surface area (Å²) >= 11 is 0. The molecule has 0 fully saturated rings. The Morgan fingerprint density at radius 2 is 1.94 bits per heavy atom. The third-order valence-corrected chi connectivity index (χ3v) is 3.84. The Kier molecular flexibility index (Phi) is 3.31. The lowest BCUT2D eigenvalue weighted by Crippen LogP contribution is -2.31. The van der Waals surface area contributed by atoms with Gasteiger partial charge in [0.15, 0.2) is 0 Å². The minimum atomic E-state index is -0.581. The molecule has 1 aromatic rings. The zero-order chi connectivity index (χ0) is 12.5. The van der Waals surface area contributed by atoms with Gasteiger partial charge in [0.25, 0.3) is 0 Å². The molecule has 0 saturated heterocycles. The molecular formula is C16H24O. The number of aliphatic hydroxyl groups is 1. The van der Waals surface area contributed by atoms with Gasteiger partial charge in [-0.1, -0.05) is 45.0 Å². The maximum atomic E-state index is 10.9. The molecule has 0 radical (unpaired) electrons. The average molecular weight is 232 g/mol. The van der Waals surface area contributed by atoms with Crippen molar-refractivity contribution >= 4 is 0 Å². The monoisotopic (exact) mass is 232 g/mol. The van der Waals surface area contributed by atoms with Gasteiger partial charge in [0.1, 0.15) is 0 Å². The number of benzene rings is 1. The zero-order valence-corrected chi connectivity index (χ0v) is 11.3. The summed E-state index contributed by atoms with van der Waals surface area (Å²) in [6.07, 6.45) is 5.09. The van der Waals surface area contributed by atoms with E-state index in [2.05, 4.69) is 39.0 Å². The van der Waals surface area contributed by atoms with Gasteiger partial charge in [0.2, 0.25) is 0 Å². The predicted molar refractivity (Wildman–Crippen MR) is 72.0 cm³/mol. The molecule has 1 heteroatoms. The van der Waals surface area contributed by atoms with Crippen molar-refractivity contribution in [3.63, 3.8) is 0 Å². The van der Waals surface area contributed by atoms with Crippen molar-refractivity contribution in [2.24, 2.45) is 5.41 Å². The molecule has 1 aliphatic carbocycles. The van der Waals surface area contributed by atoms with Crippen LogP contribution in [-0.2, 0) is 12.0 Å². The smallest absolute Gasteiger partial charge is 0.0899 e. The molecule has 1 nitrogen and oxygen atoms in total. The Labute approximate surface area is 105 Å². The van der Waals surface area contributed by atoms with E-state index in [1.54, 1.807) is 0 Å². The van der Waals surface area contributed by atoms with Gasteiger partial charge >= 0.3 is 0 Å². The largest absolute Gasteiger partial charge is 0.385 e. The van der Waals surface area contributed by atoms with Gasteiger partial charge in [0, 0.05) is 0 Å². The molecule has 1 N–H and O–H groups in total. The van der Waals surface area contributed by atoms with Gasteiger partial charge < -0.3 is 5.11 Å². The molecule has 1 unspecified atom stereocenters. The molecule has 0 bridgehead atoms. The average Bonchev–Trinajstić information content (AvgIpc) is 2.27. The summed E-state index contributed by atoms with van der Waals surface area (Å²) in [6.45, 7) is 6.72. The first-order chi connectivity index (χ1) is 7.91. The third-order valence-electron chi connectivity index (χ3n) is 3.84. The number of hydrogen-bond acceptors (Lipinski definition) is 1. The van der Waals surface area contributed by atoms with E-state index in [0.717, 1.165) is 32.1 Å². The molecule has 0 aliphatic heterocycles. The highest BCUT2D eigenvalue weighted by atomic mass is 16.3. The fraction of sp³-hybridized carbons (Fsp3) is 0.625. The van der Waals surface area contributed by atoms with Crippen LogP contribution in [0.4, 0.5) is 0 Å². The van der Waals surface area contributed by atoms with Crippen LogP contribution in [0.5, 0.6) is 0 Å². The molecule has 0 saturated carbocycles. The normalized spacial score (nSPS) is 24.5. The first-order valence-corrected chi connectivity index (χ1v) is 6.72. The Morgan fingerprint density at radius 1 is 1.24 bits per heavy atom. The summed E-state index contributed by atoms with van der Waals surface area (Å²) in [5.41, 5.74) is 2.23. The minimum absolute atomic E-state index is 0.294. The molecule has 0 aromatic heterocycles. The van der Waals surface area contributed by atoms with Crippen molar-refractivity contribution in [3.05, 3.63) is 35.4 Å². The molecule has 94 valence electrons. The fourth-order valence-electron chi connectivity index (χ4n) is 2.74. The second-order valence-electron chi connectivity index (χ2n) is 6.60. The molecule has 1 atom stereocenters. The van der Waals surface area contributed by atoms with E-state index in [4.69, 9.17) is 0 Å². The van der Waals surface area contributed by atoms with Gasteiger partial charge in [-0.05, 0) is 48.6 Å². The van der Waals surface area contributed by atoms with E-state index in [-0.39, 0.29) is 0 Å². The lowest BCUT2D eigenvalue weighted by atomic mass is 9.74. The summed E-state index contributed by atoms with van der Waals surface area (Å²) in [5.74, 6) is 0. The lowest BCUT2D eigenvalue weighted by molar-refractivity contribution is 0.000276. The topological polar surface area (TPSA) is 20.2 Å². The van der Waals surface area contributed by atoms with E-state index in [1.165, 1.54) is 11.1 Å². The standard InChI is InChI=1S/C16H24O/c1-15(2,3)11-12-16(17)10-6-8-13-7-4-5-9-14(13)16/h4-5,7,9,17H,6,8,10-12H2,1-3H3.